The maximum Gasteiger partial charge on any atom is 0.273 e. The SMILES string of the molecule is O=C(NCC1CC1)c1cc(-c2ccccc2F)on1. The Hall–Kier alpha value is -2.17. The number of nitrogens with one attached hydrogen (secondary N) is 1. The number of hydrogen-bond donors (Lipinski definition) is 1. The highest BCUT2D eigenvalue weighted by atomic mass is 19.1. The molecule has 0 radical (unpaired) electrons. The predicted octanol–water partition coefficient (Wildman–Crippen LogP) is 2.62. The summed E-state index contributed by atoms with van der Waals surface area (Å²) in [6.07, 6.45) is 2.33. The van der Waals surface area contributed by atoms with Crippen molar-refractivity contribution in [3.05, 3.63) is 41.8 Å². The van der Waals surface area contributed by atoms with Crippen molar-refractivity contribution in [2.24, 2.45) is 5.92 Å². The molecule has 1 saturated carbocycles. The highest BCUT2D eigenvalue weighted by Crippen LogP contribution is 2.28. The second kappa shape index (κ2) is 4.84. The van der Waals surface area contributed by atoms with Crippen LogP contribution in [-0.2, 0) is 0 Å². The van der Waals surface area contributed by atoms with E-state index in [1.54, 1.807) is 18.2 Å². The summed E-state index contributed by atoms with van der Waals surface area (Å²) in [5.41, 5.74) is 0.482. The van der Waals surface area contributed by atoms with Crippen LogP contribution in [-0.4, -0.2) is 17.6 Å². The fourth-order valence-corrected chi connectivity index (χ4v) is 1.82. The Balaban J connectivity index is 1.75. The van der Waals surface area contributed by atoms with Crippen LogP contribution in [0.1, 0.15) is 23.3 Å². The van der Waals surface area contributed by atoms with Crippen LogP contribution in [0.3, 0.4) is 0 Å². The lowest BCUT2D eigenvalue weighted by atomic mass is 10.1. The molecule has 0 atom stereocenters. The van der Waals surface area contributed by atoms with Gasteiger partial charge in [-0.1, -0.05) is 17.3 Å². The topological polar surface area (TPSA) is 55.1 Å². The number of benzene rings is 1. The zero-order valence-corrected chi connectivity index (χ0v) is 10.2. The van der Waals surface area contributed by atoms with Crippen molar-refractivity contribution in [1.82, 2.24) is 10.5 Å². The van der Waals surface area contributed by atoms with Crippen molar-refractivity contribution < 1.29 is 13.7 Å². The zero-order valence-electron chi connectivity index (χ0n) is 10.2. The molecule has 1 aliphatic rings. The van der Waals surface area contributed by atoms with Crippen LogP contribution in [0.15, 0.2) is 34.9 Å². The van der Waals surface area contributed by atoms with E-state index >= 15 is 0 Å². The van der Waals surface area contributed by atoms with E-state index < -0.39 is 5.82 Å². The average Bonchev–Trinajstić information content (AvgIpc) is 3.12. The molecule has 0 saturated heterocycles. The van der Waals surface area contributed by atoms with Gasteiger partial charge in [0.15, 0.2) is 11.5 Å². The molecular weight excluding hydrogens is 247 g/mol. The molecule has 98 valence electrons. The average molecular weight is 260 g/mol. The summed E-state index contributed by atoms with van der Waals surface area (Å²) in [7, 11) is 0. The van der Waals surface area contributed by atoms with Gasteiger partial charge >= 0.3 is 0 Å². The van der Waals surface area contributed by atoms with Gasteiger partial charge in [0, 0.05) is 12.6 Å². The maximum atomic E-state index is 13.6. The minimum atomic E-state index is -0.399. The number of aromatic nitrogens is 1. The molecule has 1 heterocycles. The second-order valence-electron chi connectivity index (χ2n) is 4.71. The zero-order chi connectivity index (χ0) is 13.2. The molecule has 1 aromatic heterocycles. The van der Waals surface area contributed by atoms with Crippen LogP contribution < -0.4 is 5.32 Å². The molecule has 1 N–H and O–H groups in total. The van der Waals surface area contributed by atoms with E-state index in [9.17, 15) is 9.18 Å². The van der Waals surface area contributed by atoms with Crippen molar-refractivity contribution in [3.8, 4) is 11.3 Å². The van der Waals surface area contributed by atoms with Crippen LogP contribution in [0.5, 0.6) is 0 Å². The fourth-order valence-electron chi connectivity index (χ4n) is 1.82. The first-order valence-corrected chi connectivity index (χ1v) is 6.24. The van der Waals surface area contributed by atoms with Gasteiger partial charge in [-0.3, -0.25) is 4.79 Å². The quantitative estimate of drug-likeness (QED) is 0.919. The molecule has 19 heavy (non-hydrogen) atoms. The van der Waals surface area contributed by atoms with E-state index in [4.69, 9.17) is 4.52 Å². The Kier molecular flexibility index (Phi) is 3.03. The van der Waals surface area contributed by atoms with Gasteiger partial charge in [-0.2, -0.15) is 0 Å². The lowest BCUT2D eigenvalue weighted by Crippen LogP contribution is -2.25. The number of nitrogens with zero attached hydrogens (tertiary/aromatic N) is 1. The number of hydrogen-bond acceptors (Lipinski definition) is 3. The molecule has 0 spiro atoms. The van der Waals surface area contributed by atoms with Crippen molar-refractivity contribution in [1.29, 1.82) is 0 Å². The highest BCUT2D eigenvalue weighted by molar-refractivity contribution is 5.93. The van der Waals surface area contributed by atoms with Crippen molar-refractivity contribution in [2.75, 3.05) is 6.54 Å². The highest BCUT2D eigenvalue weighted by Gasteiger charge is 2.23. The summed E-state index contributed by atoms with van der Waals surface area (Å²) in [5.74, 6) is 0.179. The van der Waals surface area contributed by atoms with Gasteiger partial charge in [-0.15, -0.1) is 0 Å². The number of carbonyl (C=O) groups is 1. The first-order chi connectivity index (χ1) is 9.24. The molecule has 3 rings (SSSR count). The lowest BCUT2D eigenvalue weighted by Gasteiger charge is -1.99. The van der Waals surface area contributed by atoms with Gasteiger partial charge in [0.1, 0.15) is 5.82 Å². The number of rotatable bonds is 4. The molecule has 1 amide bonds. The molecular formula is C14H13FN2O2. The van der Waals surface area contributed by atoms with Crippen molar-refractivity contribution >= 4 is 5.91 Å². The van der Waals surface area contributed by atoms with Gasteiger partial charge in [0.25, 0.3) is 5.91 Å². The smallest absolute Gasteiger partial charge is 0.273 e. The summed E-state index contributed by atoms with van der Waals surface area (Å²) >= 11 is 0. The monoisotopic (exact) mass is 260 g/mol. The van der Waals surface area contributed by atoms with Crippen molar-refractivity contribution in [2.45, 2.75) is 12.8 Å². The molecule has 1 fully saturated rings. The third-order valence-corrected chi connectivity index (χ3v) is 3.13. The van der Waals surface area contributed by atoms with Crippen LogP contribution in [0, 0.1) is 11.7 Å². The van der Waals surface area contributed by atoms with E-state index in [1.165, 1.54) is 25.0 Å². The Labute approximate surface area is 109 Å². The van der Waals surface area contributed by atoms with Crippen LogP contribution >= 0.6 is 0 Å². The van der Waals surface area contributed by atoms with E-state index in [0.717, 1.165) is 0 Å². The predicted molar refractivity (Wildman–Crippen MR) is 67.0 cm³/mol. The first kappa shape index (κ1) is 11.9. The van der Waals surface area contributed by atoms with Crippen LogP contribution in [0.25, 0.3) is 11.3 Å². The normalized spacial score (nSPS) is 14.4. The van der Waals surface area contributed by atoms with Gasteiger partial charge in [-0.05, 0) is 30.9 Å². The van der Waals surface area contributed by atoms with Crippen LogP contribution in [0.4, 0.5) is 4.39 Å². The number of carbonyl (C=O) groups excluding carboxylic acids is 1. The largest absolute Gasteiger partial charge is 0.355 e. The number of halogens is 1. The van der Waals surface area contributed by atoms with E-state index in [0.29, 0.717) is 18.0 Å². The summed E-state index contributed by atoms with van der Waals surface area (Å²) in [6.45, 7) is 0.667. The minimum Gasteiger partial charge on any atom is -0.355 e. The first-order valence-electron chi connectivity index (χ1n) is 6.24. The Morgan fingerprint density at radius 3 is 2.95 bits per heavy atom. The van der Waals surface area contributed by atoms with Gasteiger partial charge < -0.3 is 9.84 Å². The Morgan fingerprint density at radius 2 is 2.21 bits per heavy atom. The molecule has 1 aromatic carbocycles. The molecule has 1 aliphatic carbocycles. The molecule has 2 aromatic rings. The standard InChI is InChI=1S/C14H13FN2O2/c15-11-4-2-1-3-10(11)13-7-12(17-19-13)14(18)16-8-9-5-6-9/h1-4,7,9H,5-6,8H2,(H,16,18). The van der Waals surface area contributed by atoms with E-state index in [1.807, 2.05) is 0 Å². The third kappa shape index (κ3) is 2.65. The fraction of sp³-hybridized carbons (Fsp3) is 0.286. The molecule has 0 aliphatic heterocycles. The third-order valence-electron chi connectivity index (χ3n) is 3.13. The van der Waals surface area contributed by atoms with E-state index in [2.05, 4.69) is 10.5 Å². The maximum absolute atomic E-state index is 13.6. The minimum absolute atomic E-state index is 0.180. The van der Waals surface area contributed by atoms with Gasteiger partial charge in [0.2, 0.25) is 0 Å². The Bertz CT molecular complexity index is 605. The summed E-state index contributed by atoms with van der Waals surface area (Å²) in [5, 5.41) is 6.46. The molecule has 5 heteroatoms. The van der Waals surface area contributed by atoms with Gasteiger partial charge in [-0.25, -0.2) is 4.39 Å². The molecule has 4 nitrogen and oxygen atoms in total. The number of amides is 1. The van der Waals surface area contributed by atoms with Gasteiger partial charge in [0.05, 0.1) is 5.56 Å². The van der Waals surface area contributed by atoms with E-state index in [-0.39, 0.29) is 17.4 Å². The van der Waals surface area contributed by atoms with Crippen LogP contribution in [0.2, 0.25) is 0 Å². The molecule has 0 unspecified atom stereocenters. The summed E-state index contributed by atoms with van der Waals surface area (Å²) < 4.78 is 18.6. The summed E-state index contributed by atoms with van der Waals surface area (Å²) in [6, 6.07) is 7.68. The molecule has 0 bridgehead atoms. The lowest BCUT2D eigenvalue weighted by molar-refractivity contribution is 0.0943. The second-order valence-corrected chi connectivity index (χ2v) is 4.71. The Morgan fingerprint density at radius 1 is 1.42 bits per heavy atom. The summed E-state index contributed by atoms with van der Waals surface area (Å²) in [4.78, 5) is 11.8. The van der Waals surface area contributed by atoms with Crippen molar-refractivity contribution in [3.63, 3.8) is 0 Å².